The van der Waals surface area contributed by atoms with Gasteiger partial charge in [-0.15, -0.1) is 0 Å². The van der Waals surface area contributed by atoms with Gasteiger partial charge < -0.3 is 14.5 Å². The predicted octanol–water partition coefficient (Wildman–Crippen LogP) is 1.00. The number of pyridine rings is 1. The Hall–Kier alpha value is -1.99. The maximum Gasteiger partial charge on any atom is 0.227 e. The first kappa shape index (κ1) is 19.3. The van der Waals surface area contributed by atoms with Gasteiger partial charge in [-0.2, -0.15) is 0 Å². The Kier molecular flexibility index (Phi) is 6.22. The van der Waals surface area contributed by atoms with Crippen LogP contribution in [0.5, 0.6) is 0 Å². The molecular weight excluding hydrogens is 356 g/mol. The molecule has 0 bridgehead atoms. The molecule has 3 aliphatic rings. The summed E-state index contributed by atoms with van der Waals surface area (Å²) in [4.78, 5) is 35.6. The molecule has 0 spiro atoms. The Morgan fingerprint density at radius 1 is 1.11 bits per heavy atom. The number of rotatable bonds is 5. The fourth-order valence-corrected chi connectivity index (χ4v) is 4.54. The van der Waals surface area contributed by atoms with Crippen molar-refractivity contribution in [2.75, 3.05) is 52.5 Å². The molecule has 0 aliphatic carbocycles. The van der Waals surface area contributed by atoms with Gasteiger partial charge in [-0.1, -0.05) is 0 Å². The van der Waals surface area contributed by atoms with Crippen molar-refractivity contribution >= 4 is 11.8 Å². The Morgan fingerprint density at radius 3 is 2.54 bits per heavy atom. The van der Waals surface area contributed by atoms with Gasteiger partial charge in [-0.05, 0) is 36.5 Å². The number of likely N-dealkylation sites (tertiary alicyclic amines) is 2. The third-order valence-corrected chi connectivity index (χ3v) is 6.23. The average molecular weight is 386 g/mol. The minimum absolute atomic E-state index is 0.0809. The number of carbonyl (C=O) groups is 2. The highest BCUT2D eigenvalue weighted by molar-refractivity contribution is 5.89. The van der Waals surface area contributed by atoms with E-state index in [1.165, 1.54) is 0 Å². The molecule has 3 aliphatic heterocycles. The lowest BCUT2D eigenvalue weighted by Gasteiger charge is -2.36. The standard InChI is InChI=1S/C21H30N4O3/c26-20-13-19(16-25(20)15-17-1-5-22-6-2-17)21(27)24-7-3-18(4-8-24)14-23-9-11-28-12-10-23/h1-2,5-6,18-19H,3-4,7-16H2/t19-/m0/s1. The summed E-state index contributed by atoms with van der Waals surface area (Å²) < 4.78 is 5.42. The van der Waals surface area contributed by atoms with E-state index in [1.807, 2.05) is 21.9 Å². The Balaban J connectivity index is 1.24. The molecule has 0 aromatic carbocycles. The molecule has 1 aromatic heterocycles. The van der Waals surface area contributed by atoms with Crippen LogP contribution in [0.2, 0.25) is 0 Å². The summed E-state index contributed by atoms with van der Waals surface area (Å²) in [5.74, 6) is 0.716. The van der Waals surface area contributed by atoms with Crippen molar-refractivity contribution in [3.63, 3.8) is 0 Å². The minimum atomic E-state index is -0.190. The summed E-state index contributed by atoms with van der Waals surface area (Å²) in [6, 6.07) is 3.84. The number of piperidine rings is 1. The maximum atomic E-state index is 13.0. The first-order valence-electron chi connectivity index (χ1n) is 10.4. The predicted molar refractivity (Wildman–Crippen MR) is 104 cm³/mol. The lowest BCUT2D eigenvalue weighted by molar-refractivity contribution is -0.137. The molecule has 152 valence electrons. The Morgan fingerprint density at radius 2 is 1.82 bits per heavy atom. The van der Waals surface area contributed by atoms with Gasteiger partial charge in [0.25, 0.3) is 0 Å². The second kappa shape index (κ2) is 9.01. The van der Waals surface area contributed by atoms with Crippen molar-refractivity contribution < 1.29 is 14.3 Å². The fourth-order valence-electron chi connectivity index (χ4n) is 4.54. The third kappa shape index (κ3) is 4.70. The zero-order valence-corrected chi connectivity index (χ0v) is 16.5. The van der Waals surface area contributed by atoms with Crippen LogP contribution in [-0.2, 0) is 20.9 Å². The fraction of sp³-hybridized carbons (Fsp3) is 0.667. The minimum Gasteiger partial charge on any atom is -0.379 e. The van der Waals surface area contributed by atoms with Crippen LogP contribution in [0.1, 0.15) is 24.8 Å². The summed E-state index contributed by atoms with van der Waals surface area (Å²) in [6.45, 7) is 7.58. The van der Waals surface area contributed by atoms with E-state index in [-0.39, 0.29) is 17.7 Å². The number of carbonyl (C=O) groups excluding carboxylic acids is 2. The summed E-state index contributed by atoms with van der Waals surface area (Å²) in [6.07, 6.45) is 5.94. The number of hydrogen-bond donors (Lipinski definition) is 0. The molecule has 1 aromatic rings. The zero-order valence-electron chi connectivity index (χ0n) is 16.5. The van der Waals surface area contributed by atoms with Gasteiger partial charge in [0.05, 0.1) is 19.1 Å². The Labute approximate surface area is 166 Å². The van der Waals surface area contributed by atoms with Crippen LogP contribution in [0.4, 0.5) is 0 Å². The van der Waals surface area contributed by atoms with Gasteiger partial charge in [0.1, 0.15) is 0 Å². The van der Waals surface area contributed by atoms with Crippen LogP contribution in [0.25, 0.3) is 0 Å². The molecule has 4 rings (SSSR count). The molecule has 0 unspecified atom stereocenters. The van der Waals surface area contributed by atoms with Crippen molar-refractivity contribution in [1.29, 1.82) is 0 Å². The second-order valence-corrected chi connectivity index (χ2v) is 8.21. The van der Waals surface area contributed by atoms with Crippen molar-refractivity contribution in [3.8, 4) is 0 Å². The highest BCUT2D eigenvalue weighted by atomic mass is 16.5. The number of amides is 2. The van der Waals surface area contributed by atoms with E-state index in [0.717, 1.165) is 64.3 Å². The van der Waals surface area contributed by atoms with Gasteiger partial charge in [0.2, 0.25) is 11.8 Å². The van der Waals surface area contributed by atoms with E-state index < -0.39 is 0 Å². The first-order chi connectivity index (χ1) is 13.7. The normalized spacial score (nSPS) is 24.7. The lowest BCUT2D eigenvalue weighted by Crippen LogP contribution is -2.46. The van der Waals surface area contributed by atoms with Crippen molar-refractivity contribution in [3.05, 3.63) is 30.1 Å². The van der Waals surface area contributed by atoms with Gasteiger partial charge in [-0.25, -0.2) is 0 Å². The van der Waals surface area contributed by atoms with Crippen LogP contribution < -0.4 is 0 Å². The molecule has 28 heavy (non-hydrogen) atoms. The van der Waals surface area contributed by atoms with Crippen LogP contribution in [0.15, 0.2) is 24.5 Å². The number of morpholine rings is 1. The topological polar surface area (TPSA) is 66.0 Å². The molecule has 2 amide bonds. The van der Waals surface area contributed by atoms with Crippen LogP contribution in [0.3, 0.4) is 0 Å². The SMILES string of the molecule is O=C1C[C@H](C(=O)N2CCC(CN3CCOCC3)CC2)CN1Cc1ccncc1. The quantitative estimate of drug-likeness (QED) is 0.755. The molecular formula is C21H30N4O3. The summed E-state index contributed by atoms with van der Waals surface area (Å²) in [7, 11) is 0. The van der Waals surface area contributed by atoms with E-state index in [0.29, 0.717) is 25.4 Å². The van der Waals surface area contributed by atoms with E-state index in [2.05, 4.69) is 9.88 Å². The second-order valence-electron chi connectivity index (χ2n) is 8.21. The molecule has 1 atom stereocenters. The smallest absolute Gasteiger partial charge is 0.227 e. The van der Waals surface area contributed by atoms with Crippen molar-refractivity contribution in [1.82, 2.24) is 19.7 Å². The van der Waals surface area contributed by atoms with Crippen LogP contribution in [-0.4, -0.2) is 84.0 Å². The average Bonchev–Trinajstić information content (AvgIpc) is 3.10. The highest BCUT2D eigenvalue weighted by Gasteiger charge is 2.37. The number of nitrogens with zero attached hydrogens (tertiary/aromatic N) is 4. The van der Waals surface area contributed by atoms with Gasteiger partial charge in [-0.3, -0.25) is 19.5 Å². The molecule has 0 N–H and O–H groups in total. The van der Waals surface area contributed by atoms with Crippen LogP contribution >= 0.6 is 0 Å². The monoisotopic (exact) mass is 386 g/mol. The summed E-state index contributed by atoms with van der Waals surface area (Å²) in [5.41, 5.74) is 1.06. The molecule has 7 nitrogen and oxygen atoms in total. The largest absolute Gasteiger partial charge is 0.379 e. The van der Waals surface area contributed by atoms with Gasteiger partial charge in [0.15, 0.2) is 0 Å². The van der Waals surface area contributed by atoms with Crippen molar-refractivity contribution in [2.24, 2.45) is 11.8 Å². The van der Waals surface area contributed by atoms with E-state index >= 15 is 0 Å². The molecule has 4 heterocycles. The molecule has 3 saturated heterocycles. The highest BCUT2D eigenvalue weighted by Crippen LogP contribution is 2.25. The molecule has 7 heteroatoms. The van der Waals surface area contributed by atoms with E-state index in [1.54, 1.807) is 12.4 Å². The summed E-state index contributed by atoms with van der Waals surface area (Å²) >= 11 is 0. The third-order valence-electron chi connectivity index (χ3n) is 6.23. The van der Waals surface area contributed by atoms with Crippen molar-refractivity contribution in [2.45, 2.75) is 25.8 Å². The van der Waals surface area contributed by atoms with E-state index in [4.69, 9.17) is 4.74 Å². The maximum absolute atomic E-state index is 13.0. The number of ether oxygens (including phenoxy) is 1. The van der Waals surface area contributed by atoms with Gasteiger partial charge in [0, 0.05) is 64.6 Å². The molecule has 3 fully saturated rings. The number of aromatic nitrogens is 1. The molecule has 0 saturated carbocycles. The summed E-state index contributed by atoms with van der Waals surface area (Å²) in [5, 5.41) is 0. The van der Waals surface area contributed by atoms with E-state index in [9.17, 15) is 9.59 Å². The van der Waals surface area contributed by atoms with Gasteiger partial charge >= 0.3 is 0 Å². The molecule has 0 radical (unpaired) electrons. The number of hydrogen-bond acceptors (Lipinski definition) is 5. The lowest BCUT2D eigenvalue weighted by atomic mass is 9.94. The van der Waals surface area contributed by atoms with Crippen LogP contribution in [0, 0.1) is 11.8 Å². The Bertz CT molecular complexity index is 669. The first-order valence-corrected chi connectivity index (χ1v) is 10.4. The zero-order chi connectivity index (χ0) is 19.3.